The van der Waals surface area contributed by atoms with Gasteiger partial charge in [-0.05, 0) is 49.6 Å². The average Bonchev–Trinajstić information content (AvgIpc) is 3.16. The molecule has 0 aromatic heterocycles. The largest absolute Gasteiger partial charge is 0.497 e. The molecule has 136 valence electrons. The number of methoxy groups -OCH3 is 1. The van der Waals surface area contributed by atoms with Crippen molar-refractivity contribution < 1.29 is 14.3 Å². The van der Waals surface area contributed by atoms with Gasteiger partial charge in [-0.2, -0.15) is 0 Å². The van der Waals surface area contributed by atoms with E-state index < -0.39 is 0 Å². The molecule has 26 heavy (non-hydrogen) atoms. The van der Waals surface area contributed by atoms with Gasteiger partial charge < -0.3 is 15.0 Å². The van der Waals surface area contributed by atoms with E-state index in [0.29, 0.717) is 5.56 Å². The summed E-state index contributed by atoms with van der Waals surface area (Å²) in [5, 5.41) is 2.74. The first-order valence-electron chi connectivity index (χ1n) is 8.87. The van der Waals surface area contributed by atoms with E-state index in [1.165, 1.54) is 0 Å². The number of benzene rings is 2. The number of ether oxygens (including phenoxy) is 1. The molecule has 3 rings (SSSR count). The first-order chi connectivity index (χ1) is 12.6. The van der Waals surface area contributed by atoms with E-state index in [1.807, 2.05) is 54.3 Å². The van der Waals surface area contributed by atoms with Gasteiger partial charge in [0.2, 0.25) is 5.91 Å². The second-order valence-electron chi connectivity index (χ2n) is 6.57. The fourth-order valence-corrected chi connectivity index (χ4v) is 3.38. The second-order valence-corrected chi connectivity index (χ2v) is 6.57. The molecule has 2 aromatic rings. The molecule has 1 N–H and O–H groups in total. The molecule has 1 fully saturated rings. The van der Waals surface area contributed by atoms with Crippen LogP contribution in [0.2, 0.25) is 0 Å². The van der Waals surface area contributed by atoms with Crippen LogP contribution in [-0.2, 0) is 4.79 Å². The van der Waals surface area contributed by atoms with Crippen molar-refractivity contribution in [3.8, 4) is 5.75 Å². The molecular formula is C21H24N2O3. The third kappa shape index (κ3) is 4.04. The minimum absolute atomic E-state index is 0.0133. The van der Waals surface area contributed by atoms with Gasteiger partial charge in [-0.3, -0.25) is 9.59 Å². The van der Waals surface area contributed by atoms with Crippen LogP contribution in [0.5, 0.6) is 5.75 Å². The third-order valence-corrected chi connectivity index (χ3v) is 4.75. The monoisotopic (exact) mass is 352 g/mol. The summed E-state index contributed by atoms with van der Waals surface area (Å²) in [6.45, 7) is 2.67. The maximum atomic E-state index is 12.6. The van der Waals surface area contributed by atoms with Gasteiger partial charge in [-0.25, -0.2) is 0 Å². The van der Waals surface area contributed by atoms with Crippen molar-refractivity contribution in [2.45, 2.75) is 25.8 Å². The summed E-state index contributed by atoms with van der Waals surface area (Å²) in [7, 11) is 1.64. The Labute approximate surface area is 154 Å². The zero-order valence-corrected chi connectivity index (χ0v) is 15.2. The lowest BCUT2D eigenvalue weighted by atomic mass is 10.0. The molecule has 0 aliphatic carbocycles. The van der Waals surface area contributed by atoms with Crippen LogP contribution in [0, 0.1) is 6.92 Å². The van der Waals surface area contributed by atoms with Gasteiger partial charge in [-0.15, -0.1) is 0 Å². The smallest absolute Gasteiger partial charge is 0.251 e. The maximum Gasteiger partial charge on any atom is 0.251 e. The van der Waals surface area contributed by atoms with Crippen molar-refractivity contribution in [2.24, 2.45) is 0 Å². The highest BCUT2D eigenvalue weighted by atomic mass is 16.5. The topological polar surface area (TPSA) is 58.6 Å². The van der Waals surface area contributed by atoms with Gasteiger partial charge >= 0.3 is 0 Å². The minimum atomic E-state index is -0.220. The lowest BCUT2D eigenvalue weighted by Gasteiger charge is -2.25. The van der Waals surface area contributed by atoms with Crippen LogP contribution in [0.3, 0.4) is 0 Å². The molecule has 1 aliphatic rings. The standard InChI is InChI=1S/C21H24N2O3/c1-15-5-3-6-17(13-15)21(25)22-14-20(24)23-12-4-7-19(23)16-8-10-18(26-2)11-9-16/h3,5-6,8-11,13,19H,4,7,12,14H2,1-2H3,(H,22,25). The van der Waals surface area contributed by atoms with E-state index in [4.69, 9.17) is 4.74 Å². The lowest BCUT2D eigenvalue weighted by Crippen LogP contribution is -2.39. The molecule has 2 amide bonds. The molecule has 5 heteroatoms. The molecule has 1 heterocycles. The van der Waals surface area contributed by atoms with Crippen molar-refractivity contribution >= 4 is 11.8 Å². The summed E-state index contributed by atoms with van der Waals surface area (Å²) in [4.78, 5) is 26.7. The molecular weight excluding hydrogens is 328 g/mol. The molecule has 5 nitrogen and oxygen atoms in total. The van der Waals surface area contributed by atoms with E-state index >= 15 is 0 Å². The van der Waals surface area contributed by atoms with Crippen LogP contribution in [-0.4, -0.2) is 36.9 Å². The Morgan fingerprint density at radius 3 is 2.65 bits per heavy atom. The van der Waals surface area contributed by atoms with Crippen LogP contribution >= 0.6 is 0 Å². The number of nitrogens with one attached hydrogen (secondary N) is 1. The second kappa shape index (κ2) is 8.04. The Morgan fingerprint density at radius 2 is 1.96 bits per heavy atom. The van der Waals surface area contributed by atoms with Gasteiger partial charge in [0.25, 0.3) is 5.91 Å². The van der Waals surface area contributed by atoms with E-state index in [9.17, 15) is 9.59 Å². The predicted molar refractivity (Wildman–Crippen MR) is 100 cm³/mol. The number of aryl methyl sites for hydroxylation is 1. The maximum absolute atomic E-state index is 12.6. The fraction of sp³-hybridized carbons (Fsp3) is 0.333. The van der Waals surface area contributed by atoms with Crippen LogP contribution in [0.15, 0.2) is 48.5 Å². The highest BCUT2D eigenvalue weighted by molar-refractivity contribution is 5.96. The first kappa shape index (κ1) is 18.0. The van der Waals surface area contributed by atoms with Gasteiger partial charge in [0.15, 0.2) is 0 Å². The number of hydrogen-bond acceptors (Lipinski definition) is 3. The van der Waals surface area contributed by atoms with Crippen molar-refractivity contribution in [1.29, 1.82) is 0 Å². The van der Waals surface area contributed by atoms with Crippen molar-refractivity contribution in [2.75, 3.05) is 20.2 Å². The number of nitrogens with zero attached hydrogens (tertiary/aromatic N) is 1. The normalized spacial score (nSPS) is 16.4. The SMILES string of the molecule is COc1ccc(C2CCCN2C(=O)CNC(=O)c2cccc(C)c2)cc1. The predicted octanol–water partition coefficient (Wildman–Crippen LogP) is 3.10. The highest BCUT2D eigenvalue weighted by Crippen LogP contribution is 2.32. The lowest BCUT2D eigenvalue weighted by molar-refractivity contribution is -0.131. The van der Waals surface area contributed by atoms with Crippen molar-refractivity contribution in [1.82, 2.24) is 10.2 Å². The molecule has 0 spiro atoms. The van der Waals surface area contributed by atoms with Gasteiger partial charge in [0, 0.05) is 12.1 Å². The zero-order valence-electron chi connectivity index (χ0n) is 15.2. The Balaban J connectivity index is 1.62. The summed E-state index contributed by atoms with van der Waals surface area (Å²) in [6, 6.07) is 15.2. The molecule has 0 saturated carbocycles. The number of hydrogen-bond donors (Lipinski definition) is 1. The van der Waals surface area contributed by atoms with Crippen LogP contribution in [0.25, 0.3) is 0 Å². The van der Waals surface area contributed by atoms with Gasteiger partial charge in [0.05, 0.1) is 19.7 Å². The summed E-state index contributed by atoms with van der Waals surface area (Å²) >= 11 is 0. The Morgan fingerprint density at radius 1 is 1.19 bits per heavy atom. The summed E-state index contributed by atoms with van der Waals surface area (Å²) < 4.78 is 5.19. The summed E-state index contributed by atoms with van der Waals surface area (Å²) in [6.07, 6.45) is 1.90. The number of rotatable bonds is 5. The molecule has 1 saturated heterocycles. The van der Waals surface area contributed by atoms with Crippen molar-refractivity contribution in [3.05, 3.63) is 65.2 Å². The fourth-order valence-electron chi connectivity index (χ4n) is 3.38. The molecule has 1 atom stereocenters. The van der Waals surface area contributed by atoms with E-state index in [2.05, 4.69) is 5.32 Å². The molecule has 0 radical (unpaired) electrons. The van der Waals surface area contributed by atoms with Crippen LogP contribution in [0.1, 0.15) is 40.4 Å². The van der Waals surface area contributed by atoms with E-state index in [0.717, 1.165) is 36.3 Å². The Bertz CT molecular complexity index is 786. The zero-order chi connectivity index (χ0) is 18.5. The molecule has 0 bridgehead atoms. The van der Waals surface area contributed by atoms with Gasteiger partial charge in [0.1, 0.15) is 5.75 Å². The number of likely N-dealkylation sites (tertiary alicyclic amines) is 1. The number of carbonyl (C=O) groups excluding carboxylic acids is 2. The third-order valence-electron chi connectivity index (χ3n) is 4.75. The first-order valence-corrected chi connectivity index (χ1v) is 8.87. The highest BCUT2D eigenvalue weighted by Gasteiger charge is 2.29. The minimum Gasteiger partial charge on any atom is -0.497 e. The van der Waals surface area contributed by atoms with Crippen LogP contribution in [0.4, 0.5) is 0 Å². The average molecular weight is 352 g/mol. The van der Waals surface area contributed by atoms with Gasteiger partial charge in [-0.1, -0.05) is 29.8 Å². The van der Waals surface area contributed by atoms with Crippen LogP contribution < -0.4 is 10.1 Å². The molecule has 2 aromatic carbocycles. The van der Waals surface area contributed by atoms with E-state index in [1.54, 1.807) is 13.2 Å². The quantitative estimate of drug-likeness (QED) is 0.900. The number of amides is 2. The van der Waals surface area contributed by atoms with E-state index in [-0.39, 0.29) is 24.4 Å². The summed E-state index contributed by atoms with van der Waals surface area (Å²) in [5.41, 5.74) is 2.69. The number of carbonyl (C=O) groups is 2. The summed E-state index contributed by atoms with van der Waals surface area (Å²) in [5.74, 6) is 0.529. The Kier molecular flexibility index (Phi) is 5.56. The Hall–Kier alpha value is -2.82. The molecule has 1 unspecified atom stereocenters. The van der Waals surface area contributed by atoms with Crippen molar-refractivity contribution in [3.63, 3.8) is 0 Å². The molecule has 1 aliphatic heterocycles.